The van der Waals surface area contributed by atoms with Crippen molar-refractivity contribution in [3.8, 4) is 5.69 Å². The number of hydrogen-bond donors (Lipinski definition) is 0. The van der Waals surface area contributed by atoms with Gasteiger partial charge in [0, 0.05) is 49.7 Å². The van der Waals surface area contributed by atoms with Gasteiger partial charge in [-0.2, -0.15) is 0 Å². The first-order chi connectivity index (χ1) is 13.1. The van der Waals surface area contributed by atoms with Crippen LogP contribution in [0.1, 0.15) is 33.8 Å². The number of amides is 1. The summed E-state index contributed by atoms with van der Waals surface area (Å²) in [7, 11) is 1.81. The first kappa shape index (κ1) is 17.1. The number of rotatable bonds is 4. The summed E-state index contributed by atoms with van der Waals surface area (Å²) in [6.45, 7) is 1.07. The van der Waals surface area contributed by atoms with E-state index in [0.717, 1.165) is 18.5 Å². The van der Waals surface area contributed by atoms with Crippen LogP contribution < -0.4 is 0 Å². The number of piperidine rings is 1. The van der Waals surface area contributed by atoms with Crippen molar-refractivity contribution in [1.29, 1.82) is 0 Å². The maximum absolute atomic E-state index is 13.0. The molecule has 1 atom stereocenters. The van der Waals surface area contributed by atoms with E-state index < -0.39 is 0 Å². The summed E-state index contributed by atoms with van der Waals surface area (Å²) in [4.78, 5) is 31.7. The van der Waals surface area contributed by atoms with Crippen molar-refractivity contribution in [2.24, 2.45) is 13.0 Å². The number of benzene rings is 1. The molecular weight excluding hydrogens is 344 g/mol. The van der Waals surface area contributed by atoms with Crippen molar-refractivity contribution in [3.05, 3.63) is 60.7 Å². The fourth-order valence-electron chi connectivity index (χ4n) is 3.48. The Hall–Kier alpha value is -3.29. The Morgan fingerprint density at radius 2 is 2.00 bits per heavy atom. The van der Waals surface area contributed by atoms with E-state index in [1.807, 2.05) is 25.2 Å². The average Bonchev–Trinajstić information content (AvgIpc) is 3.39. The number of Topliss-reactive ketones (excluding diaryl/α,β-unsaturated/α-hetero) is 1. The molecule has 0 aliphatic carbocycles. The molecule has 0 saturated carbocycles. The van der Waals surface area contributed by atoms with Crippen molar-refractivity contribution in [3.63, 3.8) is 0 Å². The lowest BCUT2D eigenvalue weighted by molar-refractivity contribution is 0.0632. The highest BCUT2D eigenvalue weighted by Gasteiger charge is 2.31. The molecule has 0 spiro atoms. The molecule has 1 fully saturated rings. The highest BCUT2D eigenvalue weighted by Crippen LogP contribution is 2.22. The first-order valence-corrected chi connectivity index (χ1v) is 8.89. The molecule has 1 saturated heterocycles. The second-order valence-corrected chi connectivity index (χ2v) is 6.74. The topological polar surface area (TPSA) is 85.9 Å². The summed E-state index contributed by atoms with van der Waals surface area (Å²) in [5.74, 6) is 0.161. The minimum absolute atomic E-state index is 0.00163. The molecular formula is C19H20N6O2. The lowest BCUT2D eigenvalue weighted by Gasteiger charge is -2.32. The van der Waals surface area contributed by atoms with Crippen molar-refractivity contribution < 1.29 is 9.59 Å². The van der Waals surface area contributed by atoms with E-state index >= 15 is 0 Å². The molecule has 4 rings (SSSR count). The van der Waals surface area contributed by atoms with Crippen LogP contribution in [-0.2, 0) is 7.05 Å². The predicted molar refractivity (Wildman–Crippen MR) is 97.5 cm³/mol. The van der Waals surface area contributed by atoms with Crippen LogP contribution >= 0.6 is 0 Å². The maximum atomic E-state index is 13.0. The Morgan fingerprint density at radius 1 is 1.19 bits per heavy atom. The van der Waals surface area contributed by atoms with Gasteiger partial charge in [-0.1, -0.05) is 6.07 Å². The van der Waals surface area contributed by atoms with E-state index in [-0.39, 0.29) is 17.6 Å². The van der Waals surface area contributed by atoms with E-state index in [1.54, 1.807) is 45.1 Å². The zero-order valence-electron chi connectivity index (χ0n) is 15.0. The molecule has 8 nitrogen and oxygen atoms in total. The summed E-state index contributed by atoms with van der Waals surface area (Å²) in [6.07, 6.45) is 8.14. The van der Waals surface area contributed by atoms with Crippen molar-refractivity contribution in [1.82, 2.24) is 29.2 Å². The lowest BCUT2D eigenvalue weighted by atomic mass is 9.92. The third kappa shape index (κ3) is 3.38. The zero-order chi connectivity index (χ0) is 18.8. The van der Waals surface area contributed by atoms with Crippen LogP contribution in [0.2, 0.25) is 0 Å². The number of carbonyl (C=O) groups is 2. The SMILES string of the molecule is Cn1ccnc1C(=O)[C@H]1CCCN(C(=O)c2cccc(-n3cnnc3)c2)C1. The lowest BCUT2D eigenvalue weighted by Crippen LogP contribution is -2.42. The van der Waals surface area contributed by atoms with Gasteiger partial charge in [0.25, 0.3) is 5.91 Å². The van der Waals surface area contributed by atoms with Gasteiger partial charge in [-0.15, -0.1) is 10.2 Å². The second kappa shape index (κ2) is 7.14. The van der Waals surface area contributed by atoms with E-state index in [2.05, 4.69) is 15.2 Å². The molecule has 1 aliphatic heterocycles. The van der Waals surface area contributed by atoms with Crippen LogP contribution in [0.15, 0.2) is 49.3 Å². The molecule has 0 radical (unpaired) electrons. The van der Waals surface area contributed by atoms with Crippen molar-refractivity contribution in [2.75, 3.05) is 13.1 Å². The van der Waals surface area contributed by atoms with E-state index in [1.165, 1.54) is 0 Å². The highest BCUT2D eigenvalue weighted by atomic mass is 16.2. The summed E-state index contributed by atoms with van der Waals surface area (Å²) in [5.41, 5.74) is 1.41. The first-order valence-electron chi connectivity index (χ1n) is 8.89. The molecule has 1 aromatic carbocycles. The van der Waals surface area contributed by atoms with Crippen LogP contribution in [0.4, 0.5) is 0 Å². The average molecular weight is 364 g/mol. The second-order valence-electron chi connectivity index (χ2n) is 6.74. The van der Waals surface area contributed by atoms with Crippen LogP contribution in [0, 0.1) is 5.92 Å². The van der Waals surface area contributed by atoms with Crippen LogP contribution in [0.5, 0.6) is 0 Å². The van der Waals surface area contributed by atoms with Gasteiger partial charge in [-0.25, -0.2) is 4.98 Å². The van der Waals surface area contributed by atoms with E-state index in [9.17, 15) is 9.59 Å². The van der Waals surface area contributed by atoms with Gasteiger partial charge in [0.05, 0.1) is 0 Å². The Morgan fingerprint density at radius 3 is 2.74 bits per heavy atom. The smallest absolute Gasteiger partial charge is 0.253 e. The molecule has 1 amide bonds. The predicted octanol–water partition coefficient (Wildman–Crippen LogP) is 1.74. The van der Waals surface area contributed by atoms with Crippen molar-refractivity contribution >= 4 is 11.7 Å². The van der Waals surface area contributed by atoms with Crippen LogP contribution in [-0.4, -0.2) is 54.0 Å². The third-order valence-corrected chi connectivity index (χ3v) is 4.93. The highest BCUT2D eigenvalue weighted by molar-refractivity contribution is 5.97. The van der Waals surface area contributed by atoms with Gasteiger partial charge in [0.15, 0.2) is 5.82 Å². The molecule has 3 aromatic rings. The Bertz CT molecular complexity index is 962. The van der Waals surface area contributed by atoms with E-state index in [4.69, 9.17) is 0 Å². The fourth-order valence-corrected chi connectivity index (χ4v) is 3.48. The fraction of sp³-hybridized carbons (Fsp3) is 0.316. The monoisotopic (exact) mass is 364 g/mol. The molecule has 0 bridgehead atoms. The molecule has 0 unspecified atom stereocenters. The van der Waals surface area contributed by atoms with Crippen LogP contribution in [0.3, 0.4) is 0 Å². The number of ketones is 1. The minimum Gasteiger partial charge on any atom is -0.338 e. The summed E-state index contributed by atoms with van der Waals surface area (Å²) < 4.78 is 3.48. The molecule has 1 aliphatic rings. The Labute approximate surface area is 156 Å². The number of imidazole rings is 1. The number of aryl methyl sites for hydroxylation is 1. The van der Waals surface area contributed by atoms with Gasteiger partial charge in [-0.05, 0) is 31.0 Å². The molecule has 3 heterocycles. The molecule has 0 N–H and O–H groups in total. The number of nitrogens with zero attached hydrogens (tertiary/aromatic N) is 6. The quantitative estimate of drug-likeness (QED) is 0.658. The molecule has 138 valence electrons. The summed E-state index contributed by atoms with van der Waals surface area (Å²) in [6, 6.07) is 7.34. The van der Waals surface area contributed by atoms with Gasteiger partial charge < -0.3 is 9.47 Å². The van der Waals surface area contributed by atoms with E-state index in [0.29, 0.717) is 24.5 Å². The molecule has 27 heavy (non-hydrogen) atoms. The van der Waals surface area contributed by atoms with Gasteiger partial charge in [-0.3, -0.25) is 14.2 Å². The Balaban J connectivity index is 1.51. The maximum Gasteiger partial charge on any atom is 0.253 e. The molecule has 2 aromatic heterocycles. The number of carbonyl (C=O) groups excluding carboxylic acids is 2. The largest absolute Gasteiger partial charge is 0.338 e. The zero-order valence-corrected chi connectivity index (χ0v) is 15.0. The number of aromatic nitrogens is 5. The molecule has 8 heteroatoms. The van der Waals surface area contributed by atoms with Gasteiger partial charge >= 0.3 is 0 Å². The van der Waals surface area contributed by atoms with Gasteiger partial charge in [0.1, 0.15) is 12.7 Å². The Kier molecular flexibility index (Phi) is 4.53. The van der Waals surface area contributed by atoms with Crippen molar-refractivity contribution in [2.45, 2.75) is 12.8 Å². The minimum atomic E-state index is -0.218. The van der Waals surface area contributed by atoms with Crippen LogP contribution in [0.25, 0.3) is 5.69 Å². The number of hydrogen-bond acceptors (Lipinski definition) is 5. The number of likely N-dealkylation sites (tertiary alicyclic amines) is 1. The standard InChI is InChI=1S/C19H20N6O2/c1-23-9-7-20-18(23)17(26)15-5-3-8-24(11-15)19(27)14-4-2-6-16(10-14)25-12-21-22-13-25/h2,4,6-7,9-10,12-13,15H,3,5,8,11H2,1H3/t15-/m0/s1. The third-order valence-electron chi connectivity index (χ3n) is 4.93. The summed E-state index contributed by atoms with van der Waals surface area (Å²) >= 11 is 0. The van der Waals surface area contributed by atoms with Gasteiger partial charge in [0.2, 0.25) is 5.78 Å². The normalized spacial score (nSPS) is 17.1. The summed E-state index contributed by atoms with van der Waals surface area (Å²) in [5, 5.41) is 7.59.